The van der Waals surface area contributed by atoms with Crippen LogP contribution in [0.25, 0.3) is 0 Å². The molecule has 1 saturated heterocycles. The van der Waals surface area contributed by atoms with Gasteiger partial charge in [-0.2, -0.15) is 52.7 Å². The van der Waals surface area contributed by atoms with E-state index in [0.29, 0.717) is 72.9 Å². The average molecular weight is 1260 g/mol. The number of ether oxygens (including phenoxy) is 4. The number of rotatable bonds is 10. The van der Waals surface area contributed by atoms with Crippen LogP contribution in [0.1, 0.15) is 137 Å². The molecular formula is C63H80F12O12. The second-order valence-electron chi connectivity index (χ2n) is 26.8. The summed E-state index contributed by atoms with van der Waals surface area (Å²) in [5.74, 6) is 2.05. The summed E-state index contributed by atoms with van der Waals surface area (Å²) in [7, 11) is 0. The summed E-state index contributed by atoms with van der Waals surface area (Å²) in [5, 5.41) is 26.2. The van der Waals surface area contributed by atoms with E-state index in [9.17, 15) is 76.7 Å². The van der Waals surface area contributed by atoms with Crippen LogP contribution in [0.4, 0.5) is 52.7 Å². The highest BCUT2D eigenvalue weighted by Crippen LogP contribution is 2.54. The molecule has 0 aromatic carbocycles. The fourth-order valence-electron chi connectivity index (χ4n) is 14.5. The fraction of sp³-hybridized carbons (Fsp3) is 0.730. The third kappa shape index (κ3) is 16.6. The monoisotopic (exact) mass is 1260 g/mol. The van der Waals surface area contributed by atoms with Crippen molar-refractivity contribution in [3.8, 4) is 0 Å². The molecule has 0 aromatic rings. The van der Waals surface area contributed by atoms with Crippen molar-refractivity contribution in [2.45, 2.75) is 190 Å². The molecule has 0 aromatic heterocycles. The Bertz CT molecular complexity index is 2590. The van der Waals surface area contributed by atoms with Crippen LogP contribution in [0.15, 0.2) is 73.4 Å². The number of hydrogen-bond acceptors (Lipinski definition) is 11. The molecule has 0 amide bonds. The first-order chi connectivity index (χ1) is 40.2. The Morgan fingerprint density at radius 2 is 0.943 bits per heavy atom. The van der Waals surface area contributed by atoms with Crippen LogP contribution >= 0.6 is 0 Å². The zero-order chi connectivity index (χ0) is 64.5. The highest BCUT2D eigenvalue weighted by atomic mass is 19.4. The molecule has 7 fully saturated rings. The predicted octanol–water partition coefficient (Wildman–Crippen LogP) is 13.8. The lowest BCUT2D eigenvalue weighted by Gasteiger charge is -2.35. The maximum atomic E-state index is 12.5. The van der Waals surface area contributed by atoms with Gasteiger partial charge in [0.1, 0.15) is 11.2 Å². The zero-order valence-corrected chi connectivity index (χ0v) is 49.1. The first-order valence-electron chi connectivity index (χ1n) is 30.0. The third-order valence-corrected chi connectivity index (χ3v) is 19.2. The number of alkyl halides is 12. The topological polar surface area (TPSA) is 183 Å². The first kappa shape index (κ1) is 69.3. The second-order valence-corrected chi connectivity index (χ2v) is 26.8. The fourth-order valence-corrected chi connectivity index (χ4v) is 14.5. The number of carboxylic acids is 1. The SMILES string of the molecule is C=CCC(O)(C(F)(F)F)C(F)(F)F.CC(C)(C)OC(=O)C1CC2C=CC1C2.CC1(OC(=O)C2CC3C=CC2C3)CCCC1.O=C(O)C1CC2C=CC1C2.O=C1OCCC1OC(=O)C1CC2C=CC1C2.OC(CC1CC2C=CC1C2)(C(F)(F)F)C(F)(F)F. The summed E-state index contributed by atoms with van der Waals surface area (Å²) < 4.78 is 167. The molecule has 0 spiro atoms. The number of halogens is 12. The smallest absolute Gasteiger partial charge is 0.426 e. The number of cyclic esters (lactones) is 1. The molecule has 12 rings (SSSR count). The highest BCUT2D eigenvalue weighted by molar-refractivity contribution is 5.82. The van der Waals surface area contributed by atoms with Crippen molar-refractivity contribution in [1.82, 2.24) is 0 Å². The van der Waals surface area contributed by atoms with Gasteiger partial charge in [0.15, 0.2) is 0 Å². The number of hydrogen-bond donors (Lipinski definition) is 3. The van der Waals surface area contributed by atoms with E-state index >= 15 is 0 Å². The van der Waals surface area contributed by atoms with Crippen molar-refractivity contribution < 1.29 is 111 Å². The predicted molar refractivity (Wildman–Crippen MR) is 290 cm³/mol. The number of fused-ring (bicyclic) bond motifs is 10. The van der Waals surface area contributed by atoms with Crippen LogP contribution in [0.2, 0.25) is 0 Å². The Labute approximate surface area is 498 Å². The van der Waals surface area contributed by atoms with Crippen molar-refractivity contribution in [2.75, 3.05) is 6.61 Å². The van der Waals surface area contributed by atoms with E-state index in [1.54, 1.807) is 6.08 Å². The van der Waals surface area contributed by atoms with E-state index in [2.05, 4.69) is 62.1 Å². The van der Waals surface area contributed by atoms with Gasteiger partial charge in [-0.1, -0.05) is 66.8 Å². The lowest BCUT2D eigenvalue weighted by atomic mass is 9.82. The minimum absolute atomic E-state index is 0.00523. The van der Waals surface area contributed by atoms with Crippen molar-refractivity contribution in [2.24, 2.45) is 88.8 Å². The third-order valence-electron chi connectivity index (χ3n) is 19.2. The number of carbonyl (C=O) groups is 5. The molecular weight excluding hydrogens is 1180 g/mol. The quantitative estimate of drug-likeness (QED) is 0.0816. The molecule has 3 N–H and O–H groups in total. The number of carboxylic acid groups (broad SMARTS) is 1. The Balaban J connectivity index is 0.000000150. The first-order valence-corrected chi connectivity index (χ1v) is 30.0. The largest absolute Gasteiger partial charge is 0.481 e. The molecule has 16 unspecified atom stereocenters. The van der Waals surface area contributed by atoms with E-state index in [4.69, 9.17) is 34.3 Å². The Kier molecular flexibility index (Phi) is 21.3. The number of aliphatic hydroxyl groups is 2. The van der Waals surface area contributed by atoms with Gasteiger partial charge in [0, 0.05) is 12.8 Å². The number of esters is 4. The summed E-state index contributed by atoms with van der Waals surface area (Å²) in [5.41, 5.74) is -9.78. The van der Waals surface area contributed by atoms with Crippen molar-refractivity contribution in [3.05, 3.63) is 73.4 Å². The van der Waals surface area contributed by atoms with E-state index in [1.165, 1.54) is 19.3 Å². The summed E-state index contributed by atoms with van der Waals surface area (Å²) in [4.78, 5) is 57.5. The summed E-state index contributed by atoms with van der Waals surface area (Å²) in [6.45, 7) is 11.0. The van der Waals surface area contributed by atoms with Crippen molar-refractivity contribution in [3.63, 3.8) is 0 Å². The van der Waals surface area contributed by atoms with Gasteiger partial charge in [0.25, 0.3) is 11.2 Å². The molecule has 0 radical (unpaired) electrons. The molecule has 1 aliphatic heterocycles. The molecule has 87 heavy (non-hydrogen) atoms. The molecule has 24 heteroatoms. The van der Waals surface area contributed by atoms with Gasteiger partial charge in [0.05, 0.1) is 30.3 Å². The highest BCUT2D eigenvalue weighted by Gasteiger charge is 2.71. The zero-order valence-electron chi connectivity index (χ0n) is 49.1. The van der Waals surface area contributed by atoms with Crippen LogP contribution in [0, 0.1) is 88.8 Å². The van der Waals surface area contributed by atoms with Gasteiger partial charge in [-0.05, 0) is 189 Å². The van der Waals surface area contributed by atoms with Gasteiger partial charge in [-0.3, -0.25) is 19.2 Å². The lowest BCUT2D eigenvalue weighted by molar-refractivity contribution is -0.373. The molecule has 488 valence electrons. The van der Waals surface area contributed by atoms with Gasteiger partial charge in [-0.15, -0.1) is 6.58 Å². The van der Waals surface area contributed by atoms with Gasteiger partial charge in [-0.25, -0.2) is 4.79 Å². The van der Waals surface area contributed by atoms with Crippen molar-refractivity contribution >= 4 is 29.8 Å². The summed E-state index contributed by atoms with van der Waals surface area (Å²) >= 11 is 0. The maximum absolute atomic E-state index is 12.5. The molecule has 12 aliphatic rings. The van der Waals surface area contributed by atoms with Gasteiger partial charge >= 0.3 is 54.6 Å². The Morgan fingerprint density at radius 1 is 0.563 bits per heavy atom. The number of allylic oxidation sites excluding steroid dienone is 10. The molecule has 11 aliphatic carbocycles. The van der Waals surface area contributed by atoms with Crippen LogP contribution in [0.3, 0.4) is 0 Å². The molecule has 16 atom stereocenters. The minimum Gasteiger partial charge on any atom is -0.481 e. The van der Waals surface area contributed by atoms with Crippen LogP contribution < -0.4 is 0 Å². The minimum atomic E-state index is -5.75. The van der Waals surface area contributed by atoms with Crippen LogP contribution in [-0.4, -0.2) is 105 Å². The molecule has 1 heterocycles. The Hall–Kier alpha value is -5.13. The number of aliphatic carboxylic acids is 1. The Morgan fingerprint density at radius 3 is 1.23 bits per heavy atom. The lowest BCUT2D eigenvalue weighted by Crippen LogP contribution is -2.58. The normalized spacial score (nSPS) is 33.9. The molecule has 10 bridgehead atoms. The standard InChI is InChI=1S/C14H20O2.C12H14O4.C12H18O2.C11H12F6O.C8H10O2.C6H6F6O/c1-14(6-2-3-7-14)16-13(15)12-9-10-4-5-11(12)8-10;13-11(16-10-3-4-15-12(10)14)9-6-7-1-2-8(9)5-7;1-12(2,3)14-11(13)10-7-8-4-5-9(10)6-8;12-10(13,14)9(18,11(15,16)17)5-8-4-6-1-2-7(8)3-6;9-8(10)7-4-5-1-2-6(7)3-5;1-2-3-4(13,5(7,8)9)6(10,11)12/h4-5,10-12H,2-3,6-9H2,1H3;1-2,7-10H,3-6H2;4-5,8-10H,6-7H2,1-3H3;1-2,6-8,18H,3-5H2;1-2,5-7H,3-4H2,(H,9,10);2,13H,1,3H2. The molecule has 12 nitrogen and oxygen atoms in total. The van der Waals surface area contributed by atoms with E-state index in [1.807, 2.05) is 26.8 Å². The summed E-state index contributed by atoms with van der Waals surface area (Å²) in [6.07, 6.45) is 8.94. The van der Waals surface area contributed by atoms with Crippen molar-refractivity contribution in [1.29, 1.82) is 0 Å². The van der Waals surface area contributed by atoms with Gasteiger partial charge in [0.2, 0.25) is 6.10 Å². The summed E-state index contributed by atoms with van der Waals surface area (Å²) in [6, 6.07) is 0. The van der Waals surface area contributed by atoms with Crippen LogP contribution in [0.5, 0.6) is 0 Å². The van der Waals surface area contributed by atoms with E-state index < -0.39 is 72.7 Å². The van der Waals surface area contributed by atoms with E-state index in [0.717, 1.165) is 57.8 Å². The van der Waals surface area contributed by atoms with Crippen LogP contribution in [-0.2, 0) is 42.9 Å². The van der Waals surface area contributed by atoms with Gasteiger partial charge < -0.3 is 34.3 Å². The number of carbonyl (C=O) groups excluding carboxylic acids is 4. The second kappa shape index (κ2) is 26.8. The van der Waals surface area contributed by atoms with E-state index in [-0.39, 0.29) is 71.0 Å². The average Bonchev–Trinajstić information content (AvgIpc) is 1.64. The molecule has 6 saturated carbocycles. The maximum Gasteiger partial charge on any atom is 0.426 e.